The third-order valence-electron chi connectivity index (χ3n) is 11.1. The Labute approximate surface area is 331 Å². The number of nitrogens with zero attached hydrogens (tertiary/aromatic N) is 4. The van der Waals surface area contributed by atoms with Gasteiger partial charge in [0, 0.05) is 48.8 Å². The number of fused-ring (bicyclic) bond motifs is 10. The van der Waals surface area contributed by atoms with Crippen LogP contribution in [0.5, 0.6) is 0 Å². The van der Waals surface area contributed by atoms with Crippen LogP contribution in [0.15, 0.2) is 191 Å². The molecule has 0 spiro atoms. The zero-order valence-corrected chi connectivity index (χ0v) is 30.9. The van der Waals surface area contributed by atoms with Gasteiger partial charge in [-0.3, -0.25) is 0 Å². The van der Waals surface area contributed by atoms with Gasteiger partial charge in [0.15, 0.2) is 17.5 Å². The minimum atomic E-state index is 0.503. The molecule has 0 saturated heterocycles. The van der Waals surface area contributed by atoms with Gasteiger partial charge < -0.3 is 8.83 Å². The monoisotopic (exact) mass is 742 g/mol. The Kier molecular flexibility index (Phi) is 7.13. The fraction of sp³-hybridized carbons (Fsp3) is 0. The highest BCUT2D eigenvalue weighted by Crippen LogP contribution is 2.43. The molecule has 0 aliphatic rings. The summed E-state index contributed by atoms with van der Waals surface area (Å²) < 4.78 is 13.6. The fourth-order valence-corrected chi connectivity index (χ4v) is 8.42. The van der Waals surface area contributed by atoms with Gasteiger partial charge >= 0.3 is 0 Å². The molecule has 58 heavy (non-hydrogen) atoms. The highest BCUT2D eigenvalue weighted by Gasteiger charge is 2.22. The standard InChI is InChI=1S/C52H30N4O2/c1-3-14-31(15-4-1)33-18-11-19-34(30-33)50-54-51(41-24-12-22-36-35-20-8-10-27-44(35)57-47(36)41)56-52(55-50)42-25-13-23-37-38-28-29-40-45(49(38)58-48(37)42)39-21-7-9-26-43(39)53-46(40)32-16-5-2-6-17-32/h1-30H. The maximum Gasteiger partial charge on any atom is 0.167 e. The number of aromatic nitrogens is 4. The van der Waals surface area contributed by atoms with Crippen molar-refractivity contribution >= 4 is 65.6 Å². The summed E-state index contributed by atoms with van der Waals surface area (Å²) in [7, 11) is 0. The van der Waals surface area contributed by atoms with Crippen molar-refractivity contribution in [1.29, 1.82) is 0 Å². The second-order valence-corrected chi connectivity index (χ2v) is 14.5. The van der Waals surface area contributed by atoms with Crippen molar-refractivity contribution in [3.63, 3.8) is 0 Å². The summed E-state index contributed by atoms with van der Waals surface area (Å²) in [5.41, 5.74) is 10.5. The average Bonchev–Trinajstić information content (AvgIpc) is 3.88. The van der Waals surface area contributed by atoms with E-state index in [1.165, 1.54) is 0 Å². The third kappa shape index (κ3) is 5.05. The second-order valence-electron chi connectivity index (χ2n) is 14.5. The van der Waals surface area contributed by atoms with Crippen molar-refractivity contribution in [2.24, 2.45) is 0 Å². The molecule has 0 radical (unpaired) electrons. The summed E-state index contributed by atoms with van der Waals surface area (Å²) in [5.74, 6) is 1.57. The smallest absolute Gasteiger partial charge is 0.167 e. The molecule has 12 rings (SSSR count). The number of benzene rings is 8. The molecule has 4 aromatic heterocycles. The lowest BCUT2D eigenvalue weighted by atomic mass is 9.97. The molecule has 0 unspecified atom stereocenters. The van der Waals surface area contributed by atoms with E-state index < -0.39 is 0 Å². The van der Waals surface area contributed by atoms with Gasteiger partial charge in [-0.15, -0.1) is 0 Å². The van der Waals surface area contributed by atoms with Crippen molar-refractivity contribution in [2.45, 2.75) is 0 Å². The van der Waals surface area contributed by atoms with Crippen molar-refractivity contribution < 1.29 is 8.83 Å². The predicted octanol–water partition coefficient (Wildman–Crippen LogP) is 13.7. The van der Waals surface area contributed by atoms with Crippen molar-refractivity contribution in [1.82, 2.24) is 19.9 Å². The van der Waals surface area contributed by atoms with Crippen LogP contribution in [0, 0.1) is 0 Å². The van der Waals surface area contributed by atoms with E-state index in [2.05, 4.69) is 103 Å². The van der Waals surface area contributed by atoms with Gasteiger partial charge in [-0.1, -0.05) is 146 Å². The van der Waals surface area contributed by atoms with Crippen LogP contribution in [0.25, 0.3) is 122 Å². The minimum Gasteiger partial charge on any atom is -0.455 e. The lowest BCUT2D eigenvalue weighted by molar-refractivity contribution is 0.669. The van der Waals surface area contributed by atoms with Gasteiger partial charge in [0.2, 0.25) is 0 Å². The van der Waals surface area contributed by atoms with E-state index in [4.69, 9.17) is 28.8 Å². The van der Waals surface area contributed by atoms with E-state index in [1.807, 2.05) is 78.9 Å². The van der Waals surface area contributed by atoms with Crippen LogP contribution in [0.2, 0.25) is 0 Å². The van der Waals surface area contributed by atoms with Crippen LogP contribution in [0.3, 0.4) is 0 Å². The van der Waals surface area contributed by atoms with Gasteiger partial charge in [-0.25, -0.2) is 19.9 Å². The maximum atomic E-state index is 7.08. The second kappa shape index (κ2) is 12.8. The molecular weight excluding hydrogens is 713 g/mol. The molecule has 6 heteroatoms. The van der Waals surface area contributed by atoms with Crippen LogP contribution in [0.4, 0.5) is 0 Å². The highest BCUT2D eigenvalue weighted by atomic mass is 16.3. The molecule has 0 bridgehead atoms. The lowest BCUT2D eigenvalue weighted by Gasteiger charge is -2.10. The van der Waals surface area contributed by atoms with E-state index in [1.54, 1.807) is 0 Å². The molecular formula is C52H30N4O2. The molecule has 270 valence electrons. The molecule has 0 saturated carbocycles. The van der Waals surface area contributed by atoms with E-state index >= 15 is 0 Å². The van der Waals surface area contributed by atoms with Crippen LogP contribution in [-0.4, -0.2) is 19.9 Å². The largest absolute Gasteiger partial charge is 0.455 e. The zero-order valence-electron chi connectivity index (χ0n) is 30.9. The van der Waals surface area contributed by atoms with Crippen LogP contribution >= 0.6 is 0 Å². The molecule has 6 nitrogen and oxygen atoms in total. The number of rotatable bonds is 5. The molecule has 0 fully saturated rings. The Morgan fingerprint density at radius 1 is 0.310 bits per heavy atom. The Morgan fingerprint density at radius 3 is 1.62 bits per heavy atom. The molecule has 8 aromatic carbocycles. The van der Waals surface area contributed by atoms with Gasteiger partial charge in [-0.05, 0) is 47.5 Å². The van der Waals surface area contributed by atoms with Crippen LogP contribution in [0.1, 0.15) is 0 Å². The van der Waals surface area contributed by atoms with Gasteiger partial charge in [0.1, 0.15) is 22.3 Å². The normalized spacial score (nSPS) is 11.8. The summed E-state index contributed by atoms with van der Waals surface area (Å²) in [5, 5.41) is 7.12. The van der Waals surface area contributed by atoms with Gasteiger partial charge in [0.05, 0.1) is 22.3 Å². The minimum absolute atomic E-state index is 0.503. The molecule has 12 aromatic rings. The first-order valence-corrected chi connectivity index (χ1v) is 19.3. The van der Waals surface area contributed by atoms with Gasteiger partial charge in [-0.2, -0.15) is 0 Å². The molecule has 0 atom stereocenters. The fourth-order valence-electron chi connectivity index (χ4n) is 8.42. The summed E-state index contributed by atoms with van der Waals surface area (Å²) in [6, 6.07) is 62.1. The molecule has 0 N–H and O–H groups in total. The zero-order chi connectivity index (χ0) is 38.2. The van der Waals surface area contributed by atoms with E-state index in [0.29, 0.717) is 23.1 Å². The SMILES string of the molecule is c1ccc(-c2cccc(-c3nc(-c4cccc5c4oc4ccccc45)nc(-c4cccc5c4oc4c5ccc5c(-c6ccccc6)nc6ccccc6c54)n3)c2)cc1. The first-order valence-electron chi connectivity index (χ1n) is 19.3. The van der Waals surface area contributed by atoms with Crippen molar-refractivity contribution in [2.75, 3.05) is 0 Å². The number of hydrogen-bond acceptors (Lipinski definition) is 6. The van der Waals surface area contributed by atoms with Crippen molar-refractivity contribution in [3.05, 3.63) is 182 Å². The summed E-state index contributed by atoms with van der Waals surface area (Å²) in [4.78, 5) is 20.8. The first kappa shape index (κ1) is 32.3. The topological polar surface area (TPSA) is 77.8 Å². The molecule has 4 heterocycles. The van der Waals surface area contributed by atoms with Crippen LogP contribution < -0.4 is 0 Å². The maximum absolute atomic E-state index is 7.08. The van der Waals surface area contributed by atoms with Gasteiger partial charge in [0.25, 0.3) is 0 Å². The van der Waals surface area contributed by atoms with E-state index in [0.717, 1.165) is 99.0 Å². The number of pyridine rings is 1. The third-order valence-corrected chi connectivity index (χ3v) is 11.1. The molecule has 0 aliphatic heterocycles. The lowest BCUT2D eigenvalue weighted by Crippen LogP contribution is -2.00. The quantitative estimate of drug-likeness (QED) is 0.163. The van der Waals surface area contributed by atoms with E-state index in [9.17, 15) is 0 Å². The predicted molar refractivity (Wildman–Crippen MR) is 234 cm³/mol. The Bertz CT molecular complexity index is 3570. The molecule has 0 aliphatic carbocycles. The summed E-state index contributed by atoms with van der Waals surface area (Å²) in [6.45, 7) is 0. The number of para-hydroxylation sites is 4. The Balaban J connectivity index is 1.13. The Hall–Kier alpha value is -7.96. The summed E-state index contributed by atoms with van der Waals surface area (Å²) >= 11 is 0. The highest BCUT2D eigenvalue weighted by molar-refractivity contribution is 6.25. The average molecular weight is 743 g/mol. The first-order chi connectivity index (χ1) is 28.7. The van der Waals surface area contributed by atoms with Crippen molar-refractivity contribution in [3.8, 4) is 56.5 Å². The molecule has 0 amide bonds. The van der Waals surface area contributed by atoms with Crippen LogP contribution in [-0.2, 0) is 0 Å². The number of hydrogen-bond donors (Lipinski definition) is 0. The summed E-state index contributed by atoms with van der Waals surface area (Å²) in [6.07, 6.45) is 0. The Morgan fingerprint density at radius 2 is 0.845 bits per heavy atom. The van der Waals surface area contributed by atoms with E-state index in [-0.39, 0.29) is 0 Å². The number of furan rings is 2.